The molecule has 7 heteroatoms. The number of hydrogen-bond acceptors (Lipinski definition) is 4. The van der Waals surface area contributed by atoms with Crippen LogP contribution >= 0.6 is 11.9 Å². The number of hydrogen-bond donors (Lipinski definition) is 0. The molecule has 1 saturated heterocycles. The van der Waals surface area contributed by atoms with Gasteiger partial charge in [0.05, 0.1) is 5.56 Å². The van der Waals surface area contributed by atoms with Crippen molar-refractivity contribution in [3.8, 4) is 11.5 Å². The first-order valence-electron chi connectivity index (χ1n) is 9.32. The number of aryl methyl sites for hydroxylation is 1. The van der Waals surface area contributed by atoms with Gasteiger partial charge in [0.1, 0.15) is 17.3 Å². The van der Waals surface area contributed by atoms with Crippen LogP contribution in [0.15, 0.2) is 46.9 Å². The summed E-state index contributed by atoms with van der Waals surface area (Å²) < 4.78 is 49.3. The van der Waals surface area contributed by atoms with E-state index in [0.717, 1.165) is 49.7 Å². The Hall–Kier alpha value is -2.15. The van der Waals surface area contributed by atoms with Gasteiger partial charge in [-0.05, 0) is 67.1 Å². The molecule has 0 saturated carbocycles. The quantitative estimate of drug-likeness (QED) is 0.581. The van der Waals surface area contributed by atoms with Crippen molar-refractivity contribution in [2.24, 2.45) is 4.40 Å². The molecule has 0 aliphatic carbocycles. The molecule has 3 nitrogen and oxygen atoms in total. The van der Waals surface area contributed by atoms with Gasteiger partial charge in [-0.15, -0.1) is 0 Å². The molecule has 0 bridgehead atoms. The minimum atomic E-state index is -4.39. The lowest BCUT2D eigenvalue weighted by atomic mass is 9.89. The van der Waals surface area contributed by atoms with Crippen LogP contribution in [-0.4, -0.2) is 29.6 Å². The van der Waals surface area contributed by atoms with Crippen molar-refractivity contribution in [1.29, 1.82) is 0 Å². The highest BCUT2D eigenvalue weighted by Crippen LogP contribution is 2.36. The summed E-state index contributed by atoms with van der Waals surface area (Å²) in [5.74, 6) is 3.19. The molecule has 0 aromatic heterocycles. The van der Waals surface area contributed by atoms with Gasteiger partial charge in [-0.25, -0.2) is 4.40 Å². The van der Waals surface area contributed by atoms with Crippen molar-refractivity contribution in [2.75, 3.05) is 18.8 Å². The average molecular weight is 406 g/mol. The van der Waals surface area contributed by atoms with Crippen LogP contribution < -0.4 is 4.74 Å². The predicted molar refractivity (Wildman–Crippen MR) is 106 cm³/mol. The lowest BCUT2D eigenvalue weighted by Gasteiger charge is -2.37. The molecule has 2 aromatic carbocycles. The third-order valence-electron chi connectivity index (χ3n) is 5.19. The van der Waals surface area contributed by atoms with E-state index in [1.807, 2.05) is 24.3 Å². The van der Waals surface area contributed by atoms with Gasteiger partial charge in [0.2, 0.25) is 0 Å². The van der Waals surface area contributed by atoms with Crippen molar-refractivity contribution < 1.29 is 17.9 Å². The second kappa shape index (κ2) is 7.70. The molecule has 0 N–H and O–H groups in total. The lowest BCUT2D eigenvalue weighted by Crippen LogP contribution is -2.42. The summed E-state index contributed by atoms with van der Waals surface area (Å²) >= 11 is 1.62. The SMILES string of the molecule is Cc1ccc(C(F)(F)F)cc1Oc1ccc(C2CCCN3CCSN=C23)cc1. The van der Waals surface area contributed by atoms with Crippen LogP contribution in [0.5, 0.6) is 11.5 Å². The first-order chi connectivity index (χ1) is 13.4. The number of amidine groups is 1. The van der Waals surface area contributed by atoms with Crippen molar-refractivity contribution in [2.45, 2.75) is 31.9 Å². The summed E-state index contributed by atoms with van der Waals surface area (Å²) in [5.41, 5.74) is 1.12. The Bertz CT molecular complexity index is 880. The molecular formula is C21H21F3N2OS. The van der Waals surface area contributed by atoms with Gasteiger partial charge in [-0.2, -0.15) is 13.2 Å². The normalized spacial score (nSPS) is 19.8. The van der Waals surface area contributed by atoms with Crippen molar-refractivity contribution in [1.82, 2.24) is 4.90 Å². The smallest absolute Gasteiger partial charge is 0.416 e. The van der Waals surface area contributed by atoms with Gasteiger partial charge in [0, 0.05) is 24.8 Å². The number of fused-ring (bicyclic) bond motifs is 1. The highest BCUT2D eigenvalue weighted by atomic mass is 32.2. The zero-order valence-electron chi connectivity index (χ0n) is 15.5. The fourth-order valence-corrected chi connectivity index (χ4v) is 4.43. The third-order valence-corrected chi connectivity index (χ3v) is 5.87. The van der Waals surface area contributed by atoms with E-state index in [4.69, 9.17) is 4.74 Å². The molecule has 2 aliphatic heterocycles. The van der Waals surface area contributed by atoms with Crippen LogP contribution in [0.3, 0.4) is 0 Å². The Morgan fingerprint density at radius 3 is 2.64 bits per heavy atom. The summed E-state index contributed by atoms with van der Waals surface area (Å²) in [5, 5.41) is 0. The van der Waals surface area contributed by atoms with Gasteiger partial charge < -0.3 is 9.64 Å². The molecule has 1 atom stereocenters. The van der Waals surface area contributed by atoms with E-state index >= 15 is 0 Å². The van der Waals surface area contributed by atoms with Gasteiger partial charge in [-0.1, -0.05) is 18.2 Å². The molecule has 2 aliphatic rings. The Labute approximate surface area is 166 Å². The van der Waals surface area contributed by atoms with E-state index in [2.05, 4.69) is 9.30 Å². The number of rotatable bonds is 3. The Morgan fingerprint density at radius 1 is 1.11 bits per heavy atom. The maximum absolute atomic E-state index is 13.0. The largest absolute Gasteiger partial charge is 0.457 e. The second-order valence-electron chi connectivity index (χ2n) is 7.11. The molecule has 28 heavy (non-hydrogen) atoms. The second-order valence-corrected chi connectivity index (χ2v) is 7.96. The number of halogens is 3. The van der Waals surface area contributed by atoms with E-state index in [1.165, 1.54) is 11.6 Å². The Balaban J connectivity index is 1.54. The number of alkyl halides is 3. The molecule has 4 rings (SSSR count). The average Bonchev–Trinajstić information content (AvgIpc) is 2.69. The van der Waals surface area contributed by atoms with Gasteiger partial charge in [0.25, 0.3) is 0 Å². The first kappa shape index (κ1) is 19.2. The van der Waals surface area contributed by atoms with Crippen LogP contribution in [0.1, 0.15) is 35.4 Å². The third kappa shape index (κ3) is 3.99. The van der Waals surface area contributed by atoms with Crippen LogP contribution in [0.2, 0.25) is 0 Å². The maximum Gasteiger partial charge on any atom is 0.416 e. The molecule has 1 fully saturated rings. The van der Waals surface area contributed by atoms with Gasteiger partial charge in [0.15, 0.2) is 0 Å². The highest BCUT2D eigenvalue weighted by Gasteiger charge is 2.31. The molecule has 0 amide bonds. The van der Waals surface area contributed by atoms with Gasteiger partial charge in [-0.3, -0.25) is 0 Å². The van der Waals surface area contributed by atoms with Crippen molar-refractivity contribution in [3.05, 3.63) is 59.2 Å². The molecule has 148 valence electrons. The van der Waals surface area contributed by atoms with Gasteiger partial charge >= 0.3 is 6.18 Å². The summed E-state index contributed by atoms with van der Waals surface area (Å²) in [6.07, 6.45) is -2.19. The fraction of sp³-hybridized carbons (Fsp3) is 0.381. The zero-order valence-corrected chi connectivity index (χ0v) is 16.3. The van der Waals surface area contributed by atoms with Crippen LogP contribution in [0, 0.1) is 6.92 Å². The topological polar surface area (TPSA) is 24.8 Å². The summed E-state index contributed by atoms with van der Waals surface area (Å²) in [6.45, 7) is 3.83. The first-order valence-corrected chi connectivity index (χ1v) is 10.3. The molecule has 1 unspecified atom stereocenters. The van der Waals surface area contributed by atoms with Crippen molar-refractivity contribution in [3.63, 3.8) is 0 Å². The van der Waals surface area contributed by atoms with E-state index in [9.17, 15) is 13.2 Å². The standard InChI is InChI=1S/C21H21F3N2OS/c1-14-4-7-16(21(22,23)24)13-19(14)27-17-8-5-15(6-9-17)18-3-2-10-26-11-12-28-25-20(18)26/h4-9,13,18H,2-3,10-12H2,1H3. The summed E-state index contributed by atoms with van der Waals surface area (Å²) in [7, 11) is 0. The number of ether oxygens (including phenoxy) is 1. The highest BCUT2D eigenvalue weighted by molar-refractivity contribution is 7.98. The fourth-order valence-electron chi connectivity index (χ4n) is 3.66. The summed E-state index contributed by atoms with van der Waals surface area (Å²) in [6, 6.07) is 11.2. The molecule has 0 radical (unpaired) electrons. The van der Waals surface area contributed by atoms with Crippen LogP contribution in [0.4, 0.5) is 13.2 Å². The van der Waals surface area contributed by atoms with Crippen LogP contribution in [0.25, 0.3) is 0 Å². The number of benzene rings is 2. The number of piperidine rings is 1. The number of nitrogens with zero attached hydrogens (tertiary/aromatic N) is 2. The molecular weight excluding hydrogens is 385 g/mol. The minimum absolute atomic E-state index is 0.222. The Morgan fingerprint density at radius 2 is 1.89 bits per heavy atom. The Kier molecular flexibility index (Phi) is 5.27. The molecule has 0 spiro atoms. The van der Waals surface area contributed by atoms with Crippen LogP contribution in [-0.2, 0) is 6.18 Å². The van der Waals surface area contributed by atoms with E-state index in [1.54, 1.807) is 18.9 Å². The molecule has 2 heterocycles. The monoisotopic (exact) mass is 406 g/mol. The summed E-state index contributed by atoms with van der Waals surface area (Å²) in [4.78, 5) is 2.36. The van der Waals surface area contributed by atoms with E-state index in [-0.39, 0.29) is 11.7 Å². The molecule has 2 aromatic rings. The van der Waals surface area contributed by atoms with Crippen molar-refractivity contribution >= 4 is 17.8 Å². The zero-order chi connectivity index (χ0) is 19.7. The maximum atomic E-state index is 13.0. The van der Waals surface area contributed by atoms with E-state index < -0.39 is 11.7 Å². The van der Waals surface area contributed by atoms with E-state index in [0.29, 0.717) is 11.3 Å². The predicted octanol–water partition coefficient (Wildman–Crippen LogP) is 6.05. The lowest BCUT2D eigenvalue weighted by molar-refractivity contribution is -0.137. The minimum Gasteiger partial charge on any atom is -0.457 e.